The van der Waals surface area contributed by atoms with Crippen molar-refractivity contribution in [2.75, 3.05) is 0 Å². The van der Waals surface area contributed by atoms with Crippen LogP contribution in [-0.4, -0.2) is 10.4 Å². The zero-order valence-corrected chi connectivity index (χ0v) is 14.6. The van der Waals surface area contributed by atoms with Gasteiger partial charge in [0.15, 0.2) is 5.78 Å². The van der Waals surface area contributed by atoms with Crippen LogP contribution in [0.1, 0.15) is 26.3 Å². The van der Waals surface area contributed by atoms with Crippen molar-refractivity contribution in [3.8, 4) is 0 Å². The van der Waals surface area contributed by atoms with E-state index in [9.17, 15) is 9.59 Å². The van der Waals surface area contributed by atoms with Gasteiger partial charge in [-0.2, -0.15) is 0 Å². The van der Waals surface area contributed by atoms with E-state index in [2.05, 4.69) is 0 Å². The molecule has 2 aromatic rings. The summed E-state index contributed by atoms with van der Waals surface area (Å²) in [6.45, 7) is 5.58. The van der Waals surface area contributed by atoms with Crippen molar-refractivity contribution in [1.82, 2.24) is 4.57 Å². The molecule has 0 aliphatic carbocycles. The number of rotatable bonds is 2. The zero-order valence-electron chi connectivity index (χ0n) is 13.0. The predicted molar refractivity (Wildman–Crippen MR) is 92.8 cm³/mol. The van der Waals surface area contributed by atoms with Crippen molar-refractivity contribution in [3.63, 3.8) is 0 Å². The second kappa shape index (κ2) is 6.23. The van der Waals surface area contributed by atoms with Gasteiger partial charge in [-0.05, 0) is 23.8 Å². The lowest BCUT2D eigenvalue weighted by Gasteiger charge is -2.12. The van der Waals surface area contributed by atoms with Crippen molar-refractivity contribution in [1.29, 1.82) is 0 Å². The summed E-state index contributed by atoms with van der Waals surface area (Å²) in [5.41, 5.74) is 0.338. The fourth-order valence-electron chi connectivity index (χ4n) is 1.75. The summed E-state index contributed by atoms with van der Waals surface area (Å²) in [5, 5.41) is 0.654. The first-order chi connectivity index (χ1) is 10.2. The normalized spacial score (nSPS) is 13.7. The zero-order chi connectivity index (χ0) is 16.5. The Kier molecular flexibility index (Phi) is 4.73. The lowest BCUT2D eigenvalue weighted by atomic mass is 9.91. The van der Waals surface area contributed by atoms with Crippen LogP contribution in [-0.2, 0) is 11.8 Å². The monoisotopic (exact) mass is 335 g/mol. The van der Waals surface area contributed by atoms with Crippen molar-refractivity contribution >= 4 is 40.9 Å². The van der Waals surface area contributed by atoms with E-state index in [1.165, 1.54) is 15.9 Å². The highest BCUT2D eigenvalue weighted by atomic mass is 35.5. The van der Waals surface area contributed by atoms with Crippen LogP contribution in [0.15, 0.2) is 29.1 Å². The van der Waals surface area contributed by atoms with Gasteiger partial charge in [0.25, 0.3) is 5.56 Å². The van der Waals surface area contributed by atoms with Gasteiger partial charge in [-0.25, -0.2) is 0 Å². The van der Waals surface area contributed by atoms with Crippen LogP contribution in [0, 0.1) is 5.41 Å². The molecule has 1 aromatic carbocycles. The Morgan fingerprint density at radius 1 is 1.23 bits per heavy atom. The van der Waals surface area contributed by atoms with E-state index in [1.807, 2.05) is 39.0 Å². The number of aromatic nitrogens is 1. The number of thiazole rings is 1. The third-order valence-corrected chi connectivity index (χ3v) is 4.59. The van der Waals surface area contributed by atoms with Gasteiger partial charge in [0.1, 0.15) is 4.66 Å². The molecule has 0 aliphatic rings. The van der Waals surface area contributed by atoms with E-state index >= 15 is 0 Å². The molecular formula is C17H18ClNO2S. The van der Waals surface area contributed by atoms with Gasteiger partial charge in [-0.1, -0.05) is 44.5 Å². The summed E-state index contributed by atoms with van der Waals surface area (Å²) in [5.74, 6) is 0.00222. The Morgan fingerprint density at radius 2 is 1.82 bits per heavy atom. The highest BCUT2D eigenvalue weighted by Crippen LogP contribution is 2.14. The molecule has 0 radical (unpaired) electrons. The first-order valence-electron chi connectivity index (χ1n) is 6.88. The number of hydrogen-bond acceptors (Lipinski definition) is 3. The van der Waals surface area contributed by atoms with Gasteiger partial charge >= 0.3 is 0 Å². The number of carbonyl (C=O) groups excluding carboxylic acids is 1. The van der Waals surface area contributed by atoms with E-state index in [-0.39, 0.29) is 11.3 Å². The second-order valence-corrected chi connectivity index (χ2v) is 7.62. The number of carbonyl (C=O) groups is 1. The topological polar surface area (TPSA) is 39.1 Å². The third kappa shape index (κ3) is 3.76. The second-order valence-electron chi connectivity index (χ2n) is 6.12. The molecule has 0 aliphatic heterocycles. The summed E-state index contributed by atoms with van der Waals surface area (Å²) in [7, 11) is 1.68. The van der Waals surface area contributed by atoms with E-state index in [4.69, 9.17) is 11.6 Å². The fraction of sp³-hybridized carbons (Fsp3) is 0.294. The molecule has 0 spiro atoms. The minimum absolute atomic E-state index is 0.00222. The smallest absolute Gasteiger partial charge is 0.268 e. The number of benzene rings is 1. The Balaban J connectivity index is 2.56. The molecule has 5 heteroatoms. The number of halogens is 1. The van der Waals surface area contributed by atoms with Crippen LogP contribution >= 0.6 is 22.9 Å². The molecule has 0 fully saturated rings. The number of hydrogen-bond donors (Lipinski definition) is 0. The molecule has 22 heavy (non-hydrogen) atoms. The minimum atomic E-state index is -0.458. The minimum Gasteiger partial charge on any atom is -0.302 e. The van der Waals surface area contributed by atoms with Gasteiger partial charge in [0, 0.05) is 23.6 Å². The lowest BCUT2D eigenvalue weighted by molar-refractivity contribution is -0.120. The average Bonchev–Trinajstić information content (AvgIpc) is 2.69. The lowest BCUT2D eigenvalue weighted by Crippen LogP contribution is -2.30. The SMILES string of the molecule is Cn1c(=O)/c(=C\c2ccc(Cl)cc2)s/c1=C\C(=O)C(C)(C)C. The van der Waals surface area contributed by atoms with Gasteiger partial charge in [-0.15, -0.1) is 11.3 Å². The Morgan fingerprint density at radius 3 is 2.36 bits per heavy atom. The first kappa shape index (κ1) is 16.7. The van der Waals surface area contributed by atoms with Crippen molar-refractivity contribution in [3.05, 3.63) is 54.4 Å². The molecule has 0 unspecified atom stereocenters. The van der Waals surface area contributed by atoms with Gasteiger partial charge < -0.3 is 4.57 Å². The van der Waals surface area contributed by atoms with E-state index in [0.717, 1.165) is 5.56 Å². The summed E-state index contributed by atoms with van der Waals surface area (Å²) >= 11 is 7.17. The number of nitrogens with zero attached hydrogens (tertiary/aromatic N) is 1. The third-order valence-electron chi connectivity index (χ3n) is 3.22. The van der Waals surface area contributed by atoms with Crippen LogP contribution < -0.4 is 14.8 Å². The Bertz CT molecular complexity index is 867. The molecule has 0 atom stereocenters. The fourth-order valence-corrected chi connectivity index (χ4v) is 2.90. The van der Waals surface area contributed by atoms with E-state index < -0.39 is 5.41 Å². The largest absolute Gasteiger partial charge is 0.302 e. The summed E-state index contributed by atoms with van der Waals surface area (Å²) < 4.78 is 2.76. The van der Waals surface area contributed by atoms with Crippen molar-refractivity contribution in [2.24, 2.45) is 12.5 Å². The maximum atomic E-state index is 12.3. The molecule has 1 aromatic heterocycles. The van der Waals surface area contributed by atoms with Gasteiger partial charge in [0.05, 0.1) is 4.53 Å². The molecule has 0 N–H and O–H groups in total. The maximum absolute atomic E-state index is 12.3. The van der Waals surface area contributed by atoms with Gasteiger partial charge in [-0.3, -0.25) is 9.59 Å². The molecular weight excluding hydrogens is 318 g/mol. The van der Waals surface area contributed by atoms with Crippen LogP contribution in [0.25, 0.3) is 12.2 Å². The number of Topliss-reactive ketones (excluding diaryl/α,β-unsaturated/α-hetero) is 1. The van der Waals surface area contributed by atoms with E-state index in [1.54, 1.807) is 25.3 Å². The molecule has 0 amide bonds. The number of ketones is 1. The van der Waals surface area contributed by atoms with Crippen LogP contribution in [0.4, 0.5) is 0 Å². The quantitative estimate of drug-likeness (QED) is 0.845. The predicted octanol–water partition coefficient (Wildman–Crippen LogP) is 2.32. The Labute approximate surface area is 138 Å². The molecule has 0 bridgehead atoms. The molecule has 0 saturated heterocycles. The molecule has 2 rings (SSSR count). The van der Waals surface area contributed by atoms with Crippen LogP contribution in [0.5, 0.6) is 0 Å². The standard InChI is InChI=1S/C17H18ClNO2S/c1-17(2,3)14(20)10-15-19(4)16(21)13(22-15)9-11-5-7-12(18)8-6-11/h5-10H,1-4H3/b13-9+,15-10-. The van der Waals surface area contributed by atoms with Crippen molar-refractivity contribution in [2.45, 2.75) is 20.8 Å². The van der Waals surface area contributed by atoms with Crippen LogP contribution in [0.2, 0.25) is 5.02 Å². The molecule has 3 nitrogen and oxygen atoms in total. The summed E-state index contributed by atoms with van der Waals surface area (Å²) in [6.07, 6.45) is 3.35. The summed E-state index contributed by atoms with van der Waals surface area (Å²) in [4.78, 5) is 24.4. The first-order valence-corrected chi connectivity index (χ1v) is 8.07. The highest BCUT2D eigenvalue weighted by Gasteiger charge is 2.19. The molecule has 116 valence electrons. The Hall–Kier alpha value is -1.65. The van der Waals surface area contributed by atoms with E-state index in [0.29, 0.717) is 14.2 Å². The average molecular weight is 336 g/mol. The van der Waals surface area contributed by atoms with Gasteiger partial charge in [0.2, 0.25) is 0 Å². The highest BCUT2D eigenvalue weighted by molar-refractivity contribution is 7.07. The molecule has 0 saturated carbocycles. The van der Waals surface area contributed by atoms with Crippen LogP contribution in [0.3, 0.4) is 0 Å². The molecule has 1 heterocycles. The van der Waals surface area contributed by atoms with Crippen molar-refractivity contribution < 1.29 is 4.79 Å². The maximum Gasteiger partial charge on any atom is 0.268 e. The summed E-state index contributed by atoms with van der Waals surface area (Å²) in [6, 6.07) is 7.26.